The predicted molar refractivity (Wildman–Crippen MR) is 356 cm³/mol. The molecule has 100 heavy (non-hydrogen) atoms. The van der Waals surface area contributed by atoms with E-state index in [0.717, 1.165) is 9.13 Å². The summed E-state index contributed by atoms with van der Waals surface area (Å²) in [6, 6.07) is 1.33. The van der Waals surface area contributed by atoms with Crippen molar-refractivity contribution < 1.29 is 89.7 Å². The van der Waals surface area contributed by atoms with Gasteiger partial charge in [-0.25, -0.2) is 44.5 Å². The summed E-state index contributed by atoms with van der Waals surface area (Å²) in [6.07, 6.45) is -8.93. The molecule has 0 saturated carbocycles. The molecule has 5 aliphatic heterocycles. The molecular weight excluding hydrogens is 1490 g/mol. The van der Waals surface area contributed by atoms with Gasteiger partial charge in [-0.2, -0.15) is 9.97 Å². The number of aromatic amines is 2. The van der Waals surface area contributed by atoms with Crippen LogP contribution in [0.5, 0.6) is 0 Å². The van der Waals surface area contributed by atoms with E-state index in [1.165, 1.54) is 70.7 Å². The number of aliphatic hydroxyl groups is 2. The quantitative estimate of drug-likeness (QED) is 0.0275. The molecule has 0 radical (unpaired) electrons. The number of aryl methyl sites for hydroxylation is 1. The molecule has 13 heterocycles. The molecule has 540 valence electrons. The number of nitrogens with two attached hydrogens (primary N) is 4. The number of ether oxygens (including phenoxy) is 5. The maximum atomic E-state index is 13.1. The molecule has 51 heteroatoms. The van der Waals surface area contributed by atoms with E-state index < -0.39 is 175 Å². The molecule has 13 rings (SSSR count). The van der Waals surface area contributed by atoms with Gasteiger partial charge in [0, 0.05) is 50.1 Å². The molecule has 0 spiro atoms. The van der Waals surface area contributed by atoms with E-state index in [1.54, 1.807) is 0 Å². The number of H-pyrrole nitrogens is 2. The second kappa shape index (κ2) is 28.9. The number of nitrogen functional groups attached to an aromatic ring is 4. The first-order valence-electron chi connectivity index (χ1n) is 29.9. The summed E-state index contributed by atoms with van der Waals surface area (Å²) in [7, 11) is 0. The third-order valence-electron chi connectivity index (χ3n) is 16.6. The van der Waals surface area contributed by atoms with Crippen LogP contribution in [0.25, 0.3) is 33.5 Å². The standard InChI is InChI=1S/C49H62N20O23P4S4/c1-20-9-66(49(75)64-45(20)72)32-4-21(71)27(85-32)11-80-93(76,97)90-23-6-33(65-3-2-31(50)61-48(65)74)86-28(23)12-82-95(78,99)91-25-8-35(68-18-59-38-41(52)55-16-57-43(38)68)88-30(25)14-83-96(79,100)92-24-7-34(67-17-58-37-40(51)54-15-56-42(37)67)87-29(24)13-81-94(77,98)89-22-5-36(84-26(22)10-70)69-19-60-39-44(69)62-47(53)63-46(39)73/h2-3,9,15-19,21-30,32-36,70-71H,4-8,10-14H2,1H3,(H,76,97)(H,77,98)(H,78,99)(H,79,100)(H2,50,61,74)(H2,51,54,56)(H2,52,55,57)(H,64,72,75)(H3,53,62,63,73)/t21-,22-,23-,24-,25-,26+,27+,28+,29+,30+,32+,33+,34+,35+,36+,93?,94?,95?,96?/m0/s1. The average molecular weight is 1550 g/mol. The van der Waals surface area contributed by atoms with Gasteiger partial charge in [0.1, 0.15) is 91.2 Å². The van der Waals surface area contributed by atoms with Crippen molar-refractivity contribution in [1.29, 1.82) is 0 Å². The zero-order valence-electron chi connectivity index (χ0n) is 51.5. The molecule has 0 amide bonds. The number of hydrogen-bond acceptors (Lipinski definition) is 36. The van der Waals surface area contributed by atoms with Gasteiger partial charge in [-0.15, -0.1) is 0 Å². The van der Waals surface area contributed by atoms with Crippen LogP contribution in [-0.4, -0.2) is 202 Å². The molecule has 5 fully saturated rings. The first kappa shape index (κ1) is 72.4. The number of fused-ring (bicyclic) bond motifs is 3. The Morgan fingerprint density at radius 1 is 0.520 bits per heavy atom. The number of rotatable bonds is 26. The highest BCUT2D eigenvalue weighted by Gasteiger charge is 2.48. The van der Waals surface area contributed by atoms with Crippen molar-refractivity contribution >= 4 is 131 Å². The lowest BCUT2D eigenvalue weighted by Crippen LogP contribution is -2.33. The highest BCUT2D eigenvalue weighted by Crippen LogP contribution is 2.56. The Hall–Kier alpha value is -5.95. The van der Waals surface area contributed by atoms with Crippen molar-refractivity contribution in [1.82, 2.24) is 77.7 Å². The third-order valence-corrected chi connectivity index (χ3v) is 22.9. The fourth-order valence-corrected chi connectivity index (χ4v) is 17.7. The molecule has 4 unspecified atom stereocenters. The van der Waals surface area contributed by atoms with Crippen LogP contribution >= 0.6 is 26.9 Å². The summed E-state index contributed by atoms with van der Waals surface area (Å²) in [6.45, 7) is -19.2. The van der Waals surface area contributed by atoms with Gasteiger partial charge < -0.3 is 113 Å². The molecule has 0 bridgehead atoms. The van der Waals surface area contributed by atoms with Crippen molar-refractivity contribution in [3.8, 4) is 0 Å². The van der Waals surface area contributed by atoms with Gasteiger partial charge in [0.15, 0.2) is 34.1 Å². The summed E-state index contributed by atoms with van der Waals surface area (Å²) in [5.41, 5.74) is 22.2. The zero-order valence-corrected chi connectivity index (χ0v) is 58.3. The lowest BCUT2D eigenvalue weighted by Gasteiger charge is -2.28. The second-order valence-electron chi connectivity index (χ2n) is 23.2. The van der Waals surface area contributed by atoms with Crippen LogP contribution in [-0.2, 0) is 107 Å². The van der Waals surface area contributed by atoms with E-state index in [9.17, 15) is 49.0 Å². The van der Waals surface area contributed by atoms with Crippen molar-refractivity contribution in [3.63, 3.8) is 0 Å². The molecule has 16 N–H and O–H groups in total. The van der Waals surface area contributed by atoms with E-state index in [2.05, 4.69) is 54.8 Å². The van der Waals surface area contributed by atoms with Crippen LogP contribution in [0.3, 0.4) is 0 Å². The number of imidazole rings is 3. The van der Waals surface area contributed by atoms with Crippen molar-refractivity contribution in [2.24, 2.45) is 0 Å². The lowest BCUT2D eigenvalue weighted by molar-refractivity contribution is -0.0567. The van der Waals surface area contributed by atoms with Gasteiger partial charge in [-0.1, -0.05) is 0 Å². The fraction of sp³-hybridized carbons (Fsp3) is 0.531. The minimum absolute atomic E-state index is 0.0342. The van der Waals surface area contributed by atoms with Gasteiger partial charge in [0.2, 0.25) is 5.95 Å². The highest BCUT2D eigenvalue weighted by atomic mass is 32.5. The summed E-state index contributed by atoms with van der Waals surface area (Å²) >= 11 is 22.2. The monoisotopic (exact) mass is 1550 g/mol. The van der Waals surface area contributed by atoms with Crippen molar-refractivity contribution in [3.05, 3.63) is 97.3 Å². The van der Waals surface area contributed by atoms with Crippen LogP contribution in [0, 0.1) is 6.92 Å². The molecule has 43 nitrogen and oxygen atoms in total. The van der Waals surface area contributed by atoms with Crippen LogP contribution in [0.15, 0.2) is 69.3 Å². The normalized spacial score (nSPS) is 29.6. The highest BCUT2D eigenvalue weighted by molar-refractivity contribution is 8.08. The smallest absolute Gasteiger partial charge is 0.351 e. The van der Waals surface area contributed by atoms with E-state index in [1.807, 2.05) is 0 Å². The van der Waals surface area contributed by atoms with Crippen LogP contribution in [0.2, 0.25) is 0 Å². The number of anilines is 4. The fourth-order valence-electron chi connectivity index (χ4n) is 11.8. The maximum Gasteiger partial charge on any atom is 0.351 e. The first-order valence-corrected chi connectivity index (χ1v) is 40.3. The van der Waals surface area contributed by atoms with Crippen LogP contribution in [0.4, 0.5) is 23.4 Å². The summed E-state index contributed by atoms with van der Waals surface area (Å²) in [4.78, 5) is 139. The largest absolute Gasteiger partial charge is 0.394 e. The molecule has 5 saturated heterocycles. The van der Waals surface area contributed by atoms with Crippen LogP contribution < -0.4 is 45.4 Å². The number of aliphatic hydroxyl groups excluding tert-OH is 2. The Morgan fingerprint density at radius 3 is 1.40 bits per heavy atom. The van der Waals surface area contributed by atoms with Gasteiger partial charge in [0.25, 0.3) is 11.1 Å². The SMILES string of the molecule is Cc1cn([C@H]2C[C@H](O)[C@@H](COP(O)(=S)O[C@H]3C[C@H](n4ccc(N)nc4=O)O[C@@H]3COP(O)(=S)O[C@H]3C[C@H](n4cnc5c(N)ncnc54)O[C@@H]3COP(O)(=S)O[C@H]3C[C@H](n4cnc5c(N)ncnc54)O[C@@H]3COP(O)(=S)O[C@H]3C[C@H](n4cnc5c(=O)[nH]c(N)nc54)O[C@@H]3CO)O2)c(=O)[nH]c1=O. The number of nitrogens with zero attached hydrogens (tertiary/aromatic N) is 14. The van der Waals surface area contributed by atoms with E-state index in [4.69, 9.17) is 130 Å². The zero-order chi connectivity index (χ0) is 70.9. The van der Waals surface area contributed by atoms with Gasteiger partial charge in [0.05, 0.1) is 82.5 Å². The Kier molecular flexibility index (Phi) is 21.0. The molecular formula is C49H62N20O23P4S4. The topological polar surface area (TPSA) is 586 Å². The van der Waals surface area contributed by atoms with E-state index >= 15 is 0 Å². The maximum absolute atomic E-state index is 13.1. The third kappa shape index (κ3) is 15.8. The van der Waals surface area contributed by atoms with Crippen molar-refractivity contribution in [2.75, 3.05) is 56.0 Å². The molecule has 0 aliphatic carbocycles. The Balaban J connectivity index is 0.698. The second-order valence-corrected chi connectivity index (χ2v) is 34.3. The molecule has 0 aromatic carbocycles. The molecule has 5 aliphatic rings. The summed E-state index contributed by atoms with van der Waals surface area (Å²) < 4.78 is 85.5. The number of nitrogens with one attached hydrogen (secondary N) is 2. The lowest BCUT2D eigenvalue weighted by atomic mass is 10.2. The minimum atomic E-state index is -4.51. The molecule has 8 aromatic heterocycles. The molecule has 8 aromatic rings. The average Bonchev–Trinajstić information content (AvgIpc) is 1.64. The number of aromatic nitrogens is 16. The summed E-state index contributed by atoms with van der Waals surface area (Å²) in [5, 5.41) is 21.3. The number of hydrogen-bond donors (Lipinski definition) is 12. The van der Waals surface area contributed by atoms with Gasteiger partial charge >= 0.3 is 38.3 Å². The summed E-state index contributed by atoms with van der Waals surface area (Å²) in [5.74, 6) is -0.174. The minimum Gasteiger partial charge on any atom is -0.394 e. The first-order chi connectivity index (χ1) is 47.5. The van der Waals surface area contributed by atoms with Crippen LogP contribution in [0.1, 0.15) is 68.8 Å². The van der Waals surface area contributed by atoms with Gasteiger partial charge in [-0.3, -0.25) is 42.4 Å². The van der Waals surface area contributed by atoms with Gasteiger partial charge in [-0.05, 0) is 60.2 Å². The Morgan fingerprint density at radius 2 is 0.930 bits per heavy atom. The van der Waals surface area contributed by atoms with E-state index in [-0.39, 0.29) is 94.6 Å². The van der Waals surface area contributed by atoms with E-state index in [0.29, 0.717) is 0 Å². The predicted octanol–water partition coefficient (Wildman–Crippen LogP) is -1.49. The van der Waals surface area contributed by atoms with Crippen molar-refractivity contribution in [2.45, 2.75) is 131 Å². The Labute approximate surface area is 579 Å². The molecule has 19 atom stereocenters. The Bertz CT molecular complexity index is 4860.